The van der Waals surface area contributed by atoms with Crippen molar-refractivity contribution in [1.82, 2.24) is 4.98 Å². The standard InChI is InChI=1S/C31H32F3N5O2/c1-30-18-37-25-8-3-2-5-22(25)17-39(29-36-16-26(41-29)20-6-4-7-21(15-20)28(35)40)27(30)13-14-38(19-30)24-11-9-23(10-12-24)31(32,33)34/h4,6-7,9-12,15-18,22,25,27H,2-3,5,8,13-14,19H2,1H3,(H-,35,40)/p+1. The third kappa shape index (κ3) is 5.39. The molecule has 0 spiro atoms. The van der Waals surface area contributed by atoms with Crippen molar-refractivity contribution in [1.29, 1.82) is 0 Å². The van der Waals surface area contributed by atoms with Gasteiger partial charge in [-0.1, -0.05) is 25.0 Å². The third-order valence-electron chi connectivity index (χ3n) is 8.70. The number of fused-ring (bicyclic) bond motifs is 2. The normalized spacial score (nSPS) is 26.4. The molecule has 2 fully saturated rings. The Morgan fingerprint density at radius 1 is 1.12 bits per heavy atom. The van der Waals surface area contributed by atoms with Crippen LogP contribution in [0.2, 0.25) is 0 Å². The van der Waals surface area contributed by atoms with Gasteiger partial charge in [-0.05, 0) is 61.1 Å². The lowest BCUT2D eigenvalue weighted by atomic mass is 9.76. The first kappa shape index (κ1) is 27.2. The number of oxazole rings is 1. The van der Waals surface area contributed by atoms with Crippen LogP contribution in [0.15, 0.2) is 64.1 Å². The average Bonchev–Trinajstić information content (AvgIpc) is 3.45. The Balaban J connectivity index is 1.34. The van der Waals surface area contributed by atoms with Crippen molar-refractivity contribution in [3.05, 3.63) is 65.9 Å². The van der Waals surface area contributed by atoms with Gasteiger partial charge in [-0.3, -0.25) is 9.79 Å². The van der Waals surface area contributed by atoms with Crippen molar-refractivity contribution in [2.75, 3.05) is 18.0 Å². The zero-order valence-electron chi connectivity index (χ0n) is 22.8. The Hall–Kier alpha value is -3.95. The summed E-state index contributed by atoms with van der Waals surface area (Å²) in [5.41, 5.74) is 6.26. The molecule has 4 unspecified atom stereocenters. The van der Waals surface area contributed by atoms with Gasteiger partial charge in [0, 0.05) is 48.5 Å². The predicted octanol–water partition coefficient (Wildman–Crippen LogP) is 6.10. The molecule has 7 nitrogen and oxygen atoms in total. The molecule has 1 saturated carbocycles. The number of hydrogen-bond acceptors (Lipinski definition) is 5. The summed E-state index contributed by atoms with van der Waals surface area (Å²) in [6, 6.07) is 13.0. The lowest BCUT2D eigenvalue weighted by Gasteiger charge is -2.45. The number of aliphatic imine (C=N–C) groups is 1. The molecule has 6 rings (SSSR count). The van der Waals surface area contributed by atoms with Gasteiger partial charge in [-0.2, -0.15) is 17.7 Å². The summed E-state index contributed by atoms with van der Waals surface area (Å²) in [4.78, 5) is 23.6. The SMILES string of the molecule is CC12C=NC3CCCCC3C=[N+](c3ncc(-c4cccc(C(N)=O)c4)o3)C1CCN(c1ccc(C(F)(F)F)cc1)C2. The molecule has 2 aliphatic heterocycles. The largest absolute Gasteiger partial charge is 0.504 e. The summed E-state index contributed by atoms with van der Waals surface area (Å²) in [6.45, 7) is 3.40. The number of nitrogens with zero attached hydrogens (tertiary/aromatic N) is 4. The Kier molecular flexibility index (Phi) is 6.95. The maximum Gasteiger partial charge on any atom is 0.504 e. The van der Waals surface area contributed by atoms with Crippen molar-refractivity contribution in [3.8, 4) is 11.3 Å². The second kappa shape index (κ2) is 10.5. The molecule has 3 heterocycles. The number of primary amides is 1. The van der Waals surface area contributed by atoms with Crippen LogP contribution in [-0.2, 0) is 6.18 Å². The van der Waals surface area contributed by atoms with Crippen LogP contribution >= 0.6 is 0 Å². The minimum absolute atomic E-state index is 0.0247. The zero-order valence-corrected chi connectivity index (χ0v) is 22.8. The highest BCUT2D eigenvalue weighted by molar-refractivity contribution is 5.93. The quantitative estimate of drug-likeness (QED) is 0.388. The van der Waals surface area contributed by atoms with E-state index in [4.69, 9.17) is 15.1 Å². The van der Waals surface area contributed by atoms with Crippen LogP contribution in [0.1, 0.15) is 54.9 Å². The number of aromatic nitrogens is 1. The van der Waals surface area contributed by atoms with Gasteiger partial charge in [-0.25, -0.2) is 0 Å². The molecule has 0 bridgehead atoms. The van der Waals surface area contributed by atoms with Gasteiger partial charge >= 0.3 is 12.2 Å². The minimum atomic E-state index is -4.37. The molecule has 2 N–H and O–H groups in total. The average molecular weight is 565 g/mol. The smallest absolute Gasteiger partial charge is 0.384 e. The van der Waals surface area contributed by atoms with E-state index in [2.05, 4.69) is 33.8 Å². The lowest BCUT2D eigenvalue weighted by molar-refractivity contribution is -0.516. The molecule has 3 aromatic rings. The predicted molar refractivity (Wildman–Crippen MR) is 151 cm³/mol. The number of alkyl halides is 3. The monoisotopic (exact) mass is 564 g/mol. The van der Waals surface area contributed by atoms with E-state index in [-0.39, 0.29) is 18.0 Å². The first-order chi connectivity index (χ1) is 19.6. The Morgan fingerprint density at radius 2 is 1.90 bits per heavy atom. The van der Waals surface area contributed by atoms with Gasteiger partial charge in [0.15, 0.2) is 12.0 Å². The number of anilines is 1. The number of rotatable bonds is 4. The number of halogens is 3. The van der Waals surface area contributed by atoms with Crippen LogP contribution in [0.4, 0.5) is 24.9 Å². The number of carbonyl (C=O) groups excluding carboxylic acids is 1. The third-order valence-corrected chi connectivity index (χ3v) is 8.70. The van der Waals surface area contributed by atoms with Gasteiger partial charge in [0.05, 0.1) is 23.2 Å². The fraction of sp³-hybridized carbons (Fsp3) is 0.419. The highest BCUT2D eigenvalue weighted by atomic mass is 19.4. The van der Waals surface area contributed by atoms with Crippen LogP contribution in [0, 0.1) is 11.3 Å². The van der Waals surface area contributed by atoms with E-state index in [9.17, 15) is 18.0 Å². The molecule has 1 saturated heterocycles. The first-order valence-electron chi connectivity index (χ1n) is 14.1. The van der Waals surface area contributed by atoms with Crippen LogP contribution in [0.5, 0.6) is 0 Å². The van der Waals surface area contributed by atoms with Crippen molar-refractivity contribution in [3.63, 3.8) is 0 Å². The van der Waals surface area contributed by atoms with Crippen molar-refractivity contribution in [2.24, 2.45) is 22.1 Å². The maximum atomic E-state index is 13.2. The summed E-state index contributed by atoms with van der Waals surface area (Å²) in [5, 5.41) is 0. The van der Waals surface area contributed by atoms with Crippen LogP contribution in [-0.4, -0.2) is 53.1 Å². The first-order valence-corrected chi connectivity index (χ1v) is 14.1. The Morgan fingerprint density at radius 3 is 2.66 bits per heavy atom. The van der Waals surface area contributed by atoms with E-state index in [1.807, 2.05) is 6.07 Å². The number of nitrogens with two attached hydrogens (primary N) is 1. The van der Waals surface area contributed by atoms with Gasteiger partial charge in [0.2, 0.25) is 5.91 Å². The molecule has 10 heteroatoms. The fourth-order valence-corrected chi connectivity index (χ4v) is 6.48. The van der Waals surface area contributed by atoms with E-state index in [0.29, 0.717) is 36.0 Å². The Labute approximate surface area is 236 Å². The molecule has 41 heavy (non-hydrogen) atoms. The number of carbonyl (C=O) groups is 1. The number of piperidine rings is 1. The summed E-state index contributed by atoms with van der Waals surface area (Å²) < 4.78 is 48.0. The molecule has 4 atom stereocenters. The van der Waals surface area contributed by atoms with E-state index < -0.39 is 23.1 Å². The maximum absolute atomic E-state index is 13.2. The van der Waals surface area contributed by atoms with E-state index in [0.717, 1.165) is 49.9 Å². The number of hydrogen-bond donors (Lipinski definition) is 1. The lowest BCUT2D eigenvalue weighted by Crippen LogP contribution is -2.56. The van der Waals surface area contributed by atoms with Crippen molar-refractivity contribution < 1.29 is 27.0 Å². The Bertz CT molecular complexity index is 1500. The van der Waals surface area contributed by atoms with E-state index in [1.165, 1.54) is 0 Å². The number of benzene rings is 2. The van der Waals surface area contributed by atoms with Gasteiger partial charge in [-0.15, -0.1) is 0 Å². The molecular weight excluding hydrogens is 531 g/mol. The summed E-state index contributed by atoms with van der Waals surface area (Å²) in [7, 11) is 0. The van der Waals surface area contributed by atoms with E-state index >= 15 is 0 Å². The molecule has 1 aliphatic carbocycles. The van der Waals surface area contributed by atoms with Crippen molar-refractivity contribution >= 4 is 30.0 Å². The summed E-state index contributed by atoms with van der Waals surface area (Å²) in [5.74, 6) is 0.282. The van der Waals surface area contributed by atoms with Crippen LogP contribution < -0.4 is 10.6 Å². The minimum Gasteiger partial charge on any atom is -0.384 e. The van der Waals surface area contributed by atoms with Gasteiger partial charge in [0.1, 0.15) is 6.04 Å². The fourth-order valence-electron chi connectivity index (χ4n) is 6.48. The molecule has 0 radical (unpaired) electrons. The van der Waals surface area contributed by atoms with Crippen molar-refractivity contribution in [2.45, 2.75) is 57.3 Å². The topological polar surface area (TPSA) is 87.7 Å². The van der Waals surface area contributed by atoms with Crippen LogP contribution in [0.25, 0.3) is 11.3 Å². The number of amides is 1. The van der Waals surface area contributed by atoms with Crippen LogP contribution in [0.3, 0.4) is 0 Å². The second-order valence-corrected chi connectivity index (χ2v) is 11.6. The highest BCUT2D eigenvalue weighted by Gasteiger charge is 2.47. The van der Waals surface area contributed by atoms with Gasteiger partial charge in [0.25, 0.3) is 0 Å². The second-order valence-electron chi connectivity index (χ2n) is 11.6. The summed E-state index contributed by atoms with van der Waals surface area (Å²) >= 11 is 0. The summed E-state index contributed by atoms with van der Waals surface area (Å²) in [6.07, 6.45) is 6.66. The molecular formula is C31H33F3N5O2+. The molecule has 1 aromatic heterocycles. The molecule has 3 aliphatic rings. The molecule has 1 amide bonds. The van der Waals surface area contributed by atoms with Gasteiger partial charge < -0.3 is 15.1 Å². The highest BCUT2D eigenvalue weighted by Crippen LogP contribution is 2.40. The van der Waals surface area contributed by atoms with E-state index in [1.54, 1.807) is 36.5 Å². The zero-order chi connectivity index (χ0) is 28.8. The molecule has 214 valence electrons. The molecule has 2 aromatic carbocycles.